The molecule has 0 bridgehead atoms. The van der Waals surface area contributed by atoms with E-state index in [0.29, 0.717) is 0 Å². The third-order valence-electron chi connectivity index (χ3n) is 3.62. The fourth-order valence-electron chi connectivity index (χ4n) is 2.51. The standard InChI is InChI=1S/C15H23NO/c16-15(10-5-2-6-11-15)13-17-12-9-14-7-3-1-4-8-14/h1,3-4,7-8H,2,5-6,9-13,16H2. The van der Waals surface area contributed by atoms with E-state index >= 15 is 0 Å². The molecular formula is C15H23NO. The quantitative estimate of drug-likeness (QED) is 0.794. The van der Waals surface area contributed by atoms with Gasteiger partial charge in [-0.3, -0.25) is 0 Å². The molecule has 0 radical (unpaired) electrons. The van der Waals surface area contributed by atoms with E-state index in [9.17, 15) is 0 Å². The smallest absolute Gasteiger partial charge is 0.0646 e. The third-order valence-corrected chi connectivity index (χ3v) is 3.62. The second-order valence-corrected chi connectivity index (χ2v) is 5.21. The van der Waals surface area contributed by atoms with Gasteiger partial charge >= 0.3 is 0 Å². The lowest BCUT2D eigenvalue weighted by atomic mass is 9.83. The second kappa shape index (κ2) is 6.18. The Labute approximate surface area is 104 Å². The van der Waals surface area contributed by atoms with Crippen molar-refractivity contribution in [1.82, 2.24) is 0 Å². The number of nitrogens with two attached hydrogens (primary N) is 1. The van der Waals surface area contributed by atoms with E-state index in [1.165, 1.54) is 24.8 Å². The van der Waals surface area contributed by atoms with Gasteiger partial charge in [-0.15, -0.1) is 0 Å². The van der Waals surface area contributed by atoms with E-state index in [1.54, 1.807) is 0 Å². The predicted molar refractivity (Wildman–Crippen MR) is 71.0 cm³/mol. The van der Waals surface area contributed by atoms with Gasteiger partial charge in [0.05, 0.1) is 13.2 Å². The van der Waals surface area contributed by atoms with Crippen molar-refractivity contribution >= 4 is 0 Å². The molecule has 2 nitrogen and oxygen atoms in total. The van der Waals surface area contributed by atoms with Crippen molar-refractivity contribution in [3.8, 4) is 0 Å². The maximum Gasteiger partial charge on any atom is 0.0646 e. The first kappa shape index (κ1) is 12.6. The van der Waals surface area contributed by atoms with Gasteiger partial charge in [0.1, 0.15) is 0 Å². The van der Waals surface area contributed by atoms with Crippen LogP contribution in [-0.4, -0.2) is 18.8 Å². The molecule has 1 aromatic carbocycles. The van der Waals surface area contributed by atoms with Gasteiger partial charge in [0.15, 0.2) is 0 Å². The maximum atomic E-state index is 6.31. The van der Waals surface area contributed by atoms with Gasteiger partial charge in [-0.05, 0) is 24.8 Å². The summed E-state index contributed by atoms with van der Waals surface area (Å²) in [6.07, 6.45) is 7.09. The minimum absolute atomic E-state index is 0.0467. The van der Waals surface area contributed by atoms with Crippen molar-refractivity contribution in [2.45, 2.75) is 44.1 Å². The van der Waals surface area contributed by atoms with Crippen LogP contribution in [0.4, 0.5) is 0 Å². The first-order chi connectivity index (χ1) is 8.29. The van der Waals surface area contributed by atoms with Crippen molar-refractivity contribution in [1.29, 1.82) is 0 Å². The lowest BCUT2D eigenvalue weighted by Gasteiger charge is -2.33. The zero-order valence-corrected chi connectivity index (χ0v) is 10.5. The number of rotatable bonds is 5. The van der Waals surface area contributed by atoms with Gasteiger partial charge in [-0.2, -0.15) is 0 Å². The minimum Gasteiger partial charge on any atom is -0.379 e. The normalized spacial score (nSPS) is 19.1. The Hall–Kier alpha value is -0.860. The van der Waals surface area contributed by atoms with Gasteiger partial charge < -0.3 is 10.5 Å². The fourth-order valence-corrected chi connectivity index (χ4v) is 2.51. The summed E-state index contributed by atoms with van der Waals surface area (Å²) in [6.45, 7) is 1.50. The average Bonchev–Trinajstić information content (AvgIpc) is 2.37. The summed E-state index contributed by atoms with van der Waals surface area (Å²) in [4.78, 5) is 0. The van der Waals surface area contributed by atoms with Crippen LogP contribution in [0.1, 0.15) is 37.7 Å². The highest BCUT2D eigenvalue weighted by molar-refractivity contribution is 5.14. The zero-order valence-electron chi connectivity index (χ0n) is 10.5. The molecule has 2 rings (SSSR count). The molecule has 0 aliphatic heterocycles. The monoisotopic (exact) mass is 233 g/mol. The topological polar surface area (TPSA) is 35.2 Å². The number of hydrogen-bond acceptors (Lipinski definition) is 2. The maximum absolute atomic E-state index is 6.31. The lowest BCUT2D eigenvalue weighted by Crippen LogP contribution is -2.46. The van der Waals surface area contributed by atoms with Gasteiger partial charge in [-0.1, -0.05) is 49.6 Å². The molecule has 0 atom stereocenters. The van der Waals surface area contributed by atoms with Crippen LogP contribution in [0, 0.1) is 0 Å². The van der Waals surface area contributed by atoms with Crippen LogP contribution in [0.2, 0.25) is 0 Å². The highest BCUT2D eigenvalue weighted by atomic mass is 16.5. The van der Waals surface area contributed by atoms with Crippen molar-refractivity contribution < 1.29 is 4.74 Å². The van der Waals surface area contributed by atoms with Crippen molar-refractivity contribution in [2.75, 3.05) is 13.2 Å². The van der Waals surface area contributed by atoms with Crippen LogP contribution in [0.5, 0.6) is 0 Å². The summed E-state index contributed by atoms with van der Waals surface area (Å²) in [6, 6.07) is 10.5. The fraction of sp³-hybridized carbons (Fsp3) is 0.600. The van der Waals surface area contributed by atoms with Crippen molar-refractivity contribution in [2.24, 2.45) is 5.73 Å². The van der Waals surface area contributed by atoms with Crippen LogP contribution in [0.15, 0.2) is 30.3 Å². The van der Waals surface area contributed by atoms with E-state index in [4.69, 9.17) is 10.5 Å². The Morgan fingerprint density at radius 2 is 1.76 bits per heavy atom. The van der Waals surface area contributed by atoms with Crippen molar-refractivity contribution in [3.05, 3.63) is 35.9 Å². The summed E-state index contributed by atoms with van der Waals surface area (Å²) in [5.74, 6) is 0. The van der Waals surface area contributed by atoms with E-state index < -0.39 is 0 Å². The first-order valence-corrected chi connectivity index (χ1v) is 6.69. The summed E-state index contributed by atoms with van der Waals surface area (Å²) in [7, 11) is 0. The predicted octanol–water partition coefficient (Wildman–Crippen LogP) is 2.91. The van der Waals surface area contributed by atoms with E-state index in [0.717, 1.165) is 32.5 Å². The molecule has 0 amide bonds. The molecule has 2 heteroatoms. The molecule has 1 aliphatic carbocycles. The molecule has 2 N–H and O–H groups in total. The SMILES string of the molecule is NC1(COCCc2ccccc2)CCCCC1. The van der Waals surface area contributed by atoms with Crippen LogP contribution < -0.4 is 5.73 Å². The molecule has 0 aromatic heterocycles. The van der Waals surface area contributed by atoms with Crippen LogP contribution >= 0.6 is 0 Å². The van der Waals surface area contributed by atoms with Crippen LogP contribution in [0.25, 0.3) is 0 Å². The molecule has 1 saturated carbocycles. The Balaban J connectivity index is 1.66. The van der Waals surface area contributed by atoms with Crippen LogP contribution in [-0.2, 0) is 11.2 Å². The Kier molecular flexibility index (Phi) is 4.57. The molecule has 0 unspecified atom stereocenters. The van der Waals surface area contributed by atoms with E-state index in [1.807, 2.05) is 6.07 Å². The largest absolute Gasteiger partial charge is 0.379 e. The van der Waals surface area contributed by atoms with Crippen LogP contribution in [0.3, 0.4) is 0 Å². The molecule has 17 heavy (non-hydrogen) atoms. The Morgan fingerprint density at radius 3 is 2.47 bits per heavy atom. The highest BCUT2D eigenvalue weighted by Crippen LogP contribution is 2.25. The van der Waals surface area contributed by atoms with Gasteiger partial charge in [0.2, 0.25) is 0 Å². The molecule has 0 saturated heterocycles. The zero-order chi connectivity index (χ0) is 12.0. The van der Waals surface area contributed by atoms with E-state index in [2.05, 4.69) is 24.3 Å². The number of hydrogen-bond donors (Lipinski definition) is 1. The summed E-state index contributed by atoms with van der Waals surface area (Å²) in [5, 5.41) is 0. The average molecular weight is 233 g/mol. The highest BCUT2D eigenvalue weighted by Gasteiger charge is 2.27. The molecule has 1 fully saturated rings. The third kappa shape index (κ3) is 4.14. The molecule has 1 aromatic rings. The first-order valence-electron chi connectivity index (χ1n) is 6.69. The van der Waals surface area contributed by atoms with E-state index in [-0.39, 0.29) is 5.54 Å². The minimum atomic E-state index is -0.0467. The second-order valence-electron chi connectivity index (χ2n) is 5.21. The molecule has 94 valence electrons. The number of benzene rings is 1. The van der Waals surface area contributed by atoms with Gasteiger partial charge in [0.25, 0.3) is 0 Å². The molecule has 0 heterocycles. The summed E-state index contributed by atoms with van der Waals surface area (Å²) >= 11 is 0. The Morgan fingerprint density at radius 1 is 1.06 bits per heavy atom. The van der Waals surface area contributed by atoms with Crippen molar-refractivity contribution in [3.63, 3.8) is 0 Å². The lowest BCUT2D eigenvalue weighted by molar-refractivity contribution is 0.0698. The Bertz CT molecular complexity index is 317. The number of ether oxygens (including phenoxy) is 1. The van der Waals surface area contributed by atoms with Gasteiger partial charge in [0, 0.05) is 5.54 Å². The molecular weight excluding hydrogens is 210 g/mol. The summed E-state index contributed by atoms with van der Waals surface area (Å²) in [5.41, 5.74) is 7.60. The molecule has 1 aliphatic rings. The summed E-state index contributed by atoms with van der Waals surface area (Å²) < 4.78 is 5.76. The molecule has 0 spiro atoms. The van der Waals surface area contributed by atoms with Gasteiger partial charge in [-0.25, -0.2) is 0 Å².